The first-order valence-corrected chi connectivity index (χ1v) is 8.07. The van der Waals surface area contributed by atoms with Gasteiger partial charge in [0.25, 0.3) is 0 Å². The molecule has 0 radical (unpaired) electrons. The number of thiophene rings is 1. The molecule has 0 unspecified atom stereocenters. The second-order valence-corrected chi connectivity index (χ2v) is 7.21. The molecule has 0 aliphatic carbocycles. The van der Waals surface area contributed by atoms with Gasteiger partial charge in [-0.25, -0.2) is 13.1 Å². The van der Waals surface area contributed by atoms with Crippen molar-refractivity contribution in [2.24, 2.45) is 0 Å². The largest absolute Gasteiger partial charge is 0.317 e. The van der Waals surface area contributed by atoms with Crippen LogP contribution in [0.5, 0.6) is 0 Å². The molecule has 0 amide bonds. The average molecular weight is 276 g/mol. The molecule has 6 heteroatoms. The summed E-state index contributed by atoms with van der Waals surface area (Å²) in [6.07, 6.45) is 0.871. The highest BCUT2D eigenvalue weighted by Gasteiger charge is 2.17. The zero-order valence-corrected chi connectivity index (χ0v) is 12.1. The Hall–Kier alpha value is -0.430. The molecule has 0 saturated carbocycles. The molecular formula is C11H20N2O2S2. The smallest absolute Gasteiger partial charge is 0.250 e. The molecule has 4 nitrogen and oxygen atoms in total. The van der Waals surface area contributed by atoms with Crippen molar-refractivity contribution in [1.29, 1.82) is 0 Å². The van der Waals surface area contributed by atoms with Crippen molar-refractivity contribution in [1.82, 2.24) is 10.0 Å². The summed E-state index contributed by atoms with van der Waals surface area (Å²) in [7, 11) is -3.32. The molecule has 0 atom stereocenters. The lowest BCUT2D eigenvalue weighted by Crippen LogP contribution is -2.29. The molecule has 0 fully saturated rings. The predicted octanol–water partition coefficient (Wildman–Crippen LogP) is 1.59. The van der Waals surface area contributed by atoms with Crippen LogP contribution in [0.2, 0.25) is 0 Å². The number of hydrogen-bond donors (Lipinski definition) is 2. The van der Waals surface area contributed by atoms with E-state index in [-0.39, 0.29) is 6.04 Å². The first kappa shape index (κ1) is 14.6. The number of likely N-dealkylation sites (N-methyl/N-ethyl adjacent to an activating group) is 1. The molecule has 0 aliphatic rings. The molecule has 98 valence electrons. The van der Waals surface area contributed by atoms with Crippen LogP contribution in [0.3, 0.4) is 0 Å². The van der Waals surface area contributed by atoms with Crippen molar-refractivity contribution < 1.29 is 8.42 Å². The van der Waals surface area contributed by atoms with E-state index in [1.54, 1.807) is 6.07 Å². The average Bonchev–Trinajstić information content (AvgIpc) is 2.65. The lowest BCUT2D eigenvalue weighted by atomic mass is 10.3. The summed E-state index contributed by atoms with van der Waals surface area (Å²) in [6.45, 7) is 7.50. The number of hydrogen-bond acceptors (Lipinski definition) is 4. The molecule has 1 aromatic rings. The molecule has 1 aromatic heterocycles. The van der Waals surface area contributed by atoms with Gasteiger partial charge in [-0.1, -0.05) is 6.92 Å². The summed E-state index contributed by atoms with van der Waals surface area (Å²) in [5.41, 5.74) is 0. The fourth-order valence-electron chi connectivity index (χ4n) is 1.39. The van der Waals surface area contributed by atoms with Crippen LogP contribution in [0.4, 0.5) is 0 Å². The second-order valence-electron chi connectivity index (χ2n) is 4.10. The third-order valence-electron chi connectivity index (χ3n) is 2.09. The highest BCUT2D eigenvalue weighted by atomic mass is 32.2. The van der Waals surface area contributed by atoms with Crippen LogP contribution in [-0.2, 0) is 16.4 Å². The van der Waals surface area contributed by atoms with Crippen LogP contribution in [0.25, 0.3) is 0 Å². The van der Waals surface area contributed by atoms with Gasteiger partial charge >= 0.3 is 0 Å². The van der Waals surface area contributed by atoms with Gasteiger partial charge in [-0.15, -0.1) is 11.3 Å². The normalized spacial score (nSPS) is 12.2. The minimum Gasteiger partial charge on any atom is -0.317 e. The van der Waals surface area contributed by atoms with Gasteiger partial charge in [0, 0.05) is 10.9 Å². The van der Waals surface area contributed by atoms with Crippen LogP contribution in [0.15, 0.2) is 16.3 Å². The Morgan fingerprint density at radius 1 is 1.35 bits per heavy atom. The summed E-state index contributed by atoms with van der Waals surface area (Å²) in [4.78, 5) is 1.09. The fourth-order valence-corrected chi connectivity index (χ4v) is 4.02. The fraction of sp³-hybridized carbons (Fsp3) is 0.636. The van der Waals surface area contributed by atoms with E-state index in [1.807, 2.05) is 19.9 Å². The van der Waals surface area contributed by atoms with E-state index in [0.717, 1.165) is 24.4 Å². The molecule has 17 heavy (non-hydrogen) atoms. The van der Waals surface area contributed by atoms with Gasteiger partial charge in [0.05, 0.1) is 0 Å². The Kier molecular flexibility index (Phi) is 5.58. The van der Waals surface area contributed by atoms with E-state index in [1.165, 1.54) is 11.3 Å². The SMILES string of the molecule is CCNCCc1ccc(S(=O)(=O)NC(C)C)s1. The van der Waals surface area contributed by atoms with Gasteiger partial charge in [0.1, 0.15) is 4.21 Å². The van der Waals surface area contributed by atoms with Crippen LogP contribution < -0.4 is 10.0 Å². The molecule has 0 spiro atoms. The zero-order valence-electron chi connectivity index (χ0n) is 10.5. The third-order valence-corrected chi connectivity index (χ3v) is 5.39. The van der Waals surface area contributed by atoms with Crippen LogP contribution in [-0.4, -0.2) is 27.5 Å². The molecular weight excluding hydrogens is 256 g/mol. The number of rotatable bonds is 7. The minimum absolute atomic E-state index is 0.0766. The Morgan fingerprint density at radius 2 is 2.06 bits per heavy atom. The van der Waals surface area contributed by atoms with E-state index < -0.39 is 10.0 Å². The lowest BCUT2D eigenvalue weighted by molar-refractivity contribution is 0.572. The maximum Gasteiger partial charge on any atom is 0.250 e. The monoisotopic (exact) mass is 276 g/mol. The zero-order chi connectivity index (χ0) is 12.9. The van der Waals surface area contributed by atoms with Gasteiger partial charge in [-0.3, -0.25) is 0 Å². The number of nitrogens with one attached hydrogen (secondary N) is 2. The molecule has 2 N–H and O–H groups in total. The van der Waals surface area contributed by atoms with Crippen molar-refractivity contribution in [3.63, 3.8) is 0 Å². The van der Waals surface area contributed by atoms with Gasteiger partial charge < -0.3 is 5.32 Å². The minimum atomic E-state index is -3.32. The summed E-state index contributed by atoms with van der Waals surface area (Å²) in [6, 6.07) is 3.49. The summed E-state index contributed by atoms with van der Waals surface area (Å²) >= 11 is 1.34. The van der Waals surface area contributed by atoms with E-state index in [0.29, 0.717) is 4.21 Å². The van der Waals surface area contributed by atoms with Crippen molar-refractivity contribution in [2.75, 3.05) is 13.1 Å². The van der Waals surface area contributed by atoms with E-state index >= 15 is 0 Å². The van der Waals surface area contributed by atoms with E-state index in [2.05, 4.69) is 17.0 Å². The third kappa shape index (κ3) is 4.75. The van der Waals surface area contributed by atoms with Crippen LogP contribution >= 0.6 is 11.3 Å². The highest BCUT2D eigenvalue weighted by Crippen LogP contribution is 2.21. The topological polar surface area (TPSA) is 58.2 Å². The van der Waals surface area contributed by atoms with Crippen molar-refractivity contribution in [3.05, 3.63) is 17.0 Å². The van der Waals surface area contributed by atoms with Gasteiger partial charge in [-0.2, -0.15) is 0 Å². The lowest BCUT2D eigenvalue weighted by Gasteiger charge is -2.06. The van der Waals surface area contributed by atoms with E-state index in [4.69, 9.17) is 0 Å². The molecule has 0 saturated heterocycles. The molecule has 1 heterocycles. The van der Waals surface area contributed by atoms with Crippen molar-refractivity contribution in [2.45, 2.75) is 37.4 Å². The maximum absolute atomic E-state index is 11.9. The molecule has 1 rings (SSSR count). The second kappa shape index (κ2) is 6.49. The highest BCUT2D eigenvalue weighted by molar-refractivity contribution is 7.91. The Balaban J connectivity index is 2.67. The summed E-state index contributed by atoms with van der Waals surface area (Å²) in [5.74, 6) is 0. The summed E-state index contributed by atoms with van der Waals surface area (Å²) < 4.78 is 26.7. The Morgan fingerprint density at radius 3 is 2.65 bits per heavy atom. The van der Waals surface area contributed by atoms with Crippen LogP contribution in [0.1, 0.15) is 25.6 Å². The molecule has 0 aromatic carbocycles. The molecule has 0 bridgehead atoms. The van der Waals surface area contributed by atoms with Gasteiger partial charge in [-0.05, 0) is 45.5 Å². The molecule has 0 aliphatic heterocycles. The van der Waals surface area contributed by atoms with Gasteiger partial charge in [0.15, 0.2) is 0 Å². The number of sulfonamides is 1. The standard InChI is InChI=1S/C11H20N2O2S2/c1-4-12-8-7-10-5-6-11(16-10)17(14,15)13-9(2)3/h5-6,9,12-13H,4,7-8H2,1-3H3. The Labute approximate surface area is 107 Å². The van der Waals surface area contributed by atoms with Crippen LogP contribution in [0, 0.1) is 0 Å². The van der Waals surface area contributed by atoms with Crippen molar-refractivity contribution >= 4 is 21.4 Å². The summed E-state index contributed by atoms with van der Waals surface area (Å²) in [5, 5.41) is 3.22. The Bertz CT molecular complexity index is 438. The first-order valence-electron chi connectivity index (χ1n) is 5.77. The predicted molar refractivity (Wildman–Crippen MR) is 72.0 cm³/mol. The van der Waals surface area contributed by atoms with Crippen molar-refractivity contribution in [3.8, 4) is 0 Å². The quantitative estimate of drug-likeness (QED) is 0.744. The van der Waals surface area contributed by atoms with Gasteiger partial charge in [0.2, 0.25) is 10.0 Å². The maximum atomic E-state index is 11.9. The van der Waals surface area contributed by atoms with E-state index in [9.17, 15) is 8.42 Å². The first-order chi connectivity index (χ1) is 7.95.